The fraction of sp³-hybridized carbons (Fsp3) is 0.222. The largest absolute Gasteiger partial charge is 0.257 e. The van der Waals surface area contributed by atoms with Crippen LogP contribution in [0.4, 0.5) is 0 Å². The van der Waals surface area contributed by atoms with Crippen LogP contribution in [0.15, 0.2) is 35.2 Å². The molecule has 3 heteroatoms. The molecule has 0 aliphatic rings. The van der Waals surface area contributed by atoms with Crippen molar-refractivity contribution >= 4 is 9.84 Å². The first-order valence-corrected chi connectivity index (χ1v) is 5.14. The summed E-state index contributed by atoms with van der Waals surface area (Å²) in [7, 11) is -3.16. The van der Waals surface area contributed by atoms with Crippen molar-refractivity contribution in [2.24, 2.45) is 0 Å². The molecule has 0 aliphatic heterocycles. The molecule has 0 unspecified atom stereocenters. The zero-order valence-corrected chi connectivity index (χ0v) is 7.93. The first-order valence-electron chi connectivity index (χ1n) is 3.65. The minimum absolute atomic E-state index is 0.366. The topological polar surface area (TPSA) is 34.1 Å². The third-order valence-electron chi connectivity index (χ3n) is 1.59. The van der Waals surface area contributed by atoms with E-state index in [0.29, 0.717) is 10.1 Å². The van der Waals surface area contributed by atoms with Crippen LogP contribution in [0.1, 0.15) is 13.8 Å². The lowest BCUT2D eigenvalue weighted by molar-refractivity contribution is 0.597. The predicted molar refractivity (Wildman–Crippen MR) is 48.2 cm³/mol. The maximum absolute atomic E-state index is 11.5. The Balaban J connectivity index is 3.17. The van der Waals surface area contributed by atoms with E-state index in [1.807, 2.05) is 0 Å². The van der Waals surface area contributed by atoms with Crippen LogP contribution in [0.5, 0.6) is 0 Å². The van der Waals surface area contributed by atoms with Crippen molar-refractivity contribution in [2.45, 2.75) is 18.7 Å². The van der Waals surface area contributed by atoms with E-state index in [1.165, 1.54) is 0 Å². The van der Waals surface area contributed by atoms with Gasteiger partial charge in [-0.15, -0.1) is 0 Å². The second-order valence-corrected chi connectivity index (χ2v) is 5.02. The highest BCUT2D eigenvalue weighted by atomic mass is 32.2. The lowest BCUT2D eigenvalue weighted by Gasteiger charge is -2.18. The minimum atomic E-state index is -3.16. The molecule has 12 heavy (non-hydrogen) atoms. The van der Waals surface area contributed by atoms with Crippen LogP contribution in [-0.2, 0) is 9.84 Å². The van der Waals surface area contributed by atoms with Crippen molar-refractivity contribution in [3.63, 3.8) is 0 Å². The zero-order chi connectivity index (χ0) is 9.19. The standard InChI is InChI=1S/C9H11O2S/c1-8(2)12(10,11)9-6-4-3-5-7-9/h3-7H,1-2H3/q-1. The Bertz CT molecular complexity index is 338. The second kappa shape index (κ2) is 3.27. The molecule has 0 bridgehead atoms. The van der Waals surface area contributed by atoms with Gasteiger partial charge in [0.15, 0.2) is 0 Å². The summed E-state index contributed by atoms with van der Waals surface area (Å²) in [5.41, 5.74) is 0. The number of hydrogen-bond donors (Lipinski definition) is 0. The smallest absolute Gasteiger partial charge is 0.0540 e. The minimum Gasteiger partial charge on any atom is -0.257 e. The van der Waals surface area contributed by atoms with Gasteiger partial charge >= 0.3 is 0 Å². The van der Waals surface area contributed by atoms with E-state index in [0.717, 1.165) is 0 Å². The van der Waals surface area contributed by atoms with Crippen molar-refractivity contribution in [1.82, 2.24) is 0 Å². The number of hydrogen-bond acceptors (Lipinski definition) is 2. The molecule has 0 aromatic heterocycles. The molecule has 0 aliphatic carbocycles. The fourth-order valence-electron chi connectivity index (χ4n) is 0.835. The molecule has 0 amide bonds. The van der Waals surface area contributed by atoms with Gasteiger partial charge in [0.2, 0.25) is 0 Å². The molecule has 0 fully saturated rings. The lowest BCUT2D eigenvalue weighted by atomic mass is 10.4. The molecular formula is C9H11O2S-. The molecule has 0 saturated carbocycles. The van der Waals surface area contributed by atoms with Gasteiger partial charge in [0.1, 0.15) is 0 Å². The van der Waals surface area contributed by atoms with E-state index in [9.17, 15) is 8.42 Å². The average Bonchev–Trinajstić information content (AvgIpc) is 2.06. The molecular weight excluding hydrogens is 172 g/mol. The highest BCUT2D eigenvalue weighted by molar-refractivity contribution is 7.94. The Kier molecular flexibility index (Phi) is 2.52. The Morgan fingerprint density at radius 2 is 1.58 bits per heavy atom. The monoisotopic (exact) mass is 183 g/mol. The van der Waals surface area contributed by atoms with Gasteiger partial charge in [-0.1, -0.05) is 18.2 Å². The molecule has 0 heterocycles. The van der Waals surface area contributed by atoms with Gasteiger partial charge in [0.05, 0.1) is 9.84 Å². The van der Waals surface area contributed by atoms with Crippen LogP contribution in [-0.4, -0.2) is 8.42 Å². The van der Waals surface area contributed by atoms with Gasteiger partial charge in [0.25, 0.3) is 0 Å². The van der Waals surface area contributed by atoms with Crippen LogP contribution >= 0.6 is 0 Å². The average molecular weight is 183 g/mol. The highest BCUT2D eigenvalue weighted by Gasteiger charge is 2.06. The number of sulfone groups is 1. The van der Waals surface area contributed by atoms with Crippen molar-refractivity contribution in [2.75, 3.05) is 0 Å². The molecule has 1 rings (SSSR count). The summed E-state index contributed by atoms with van der Waals surface area (Å²) in [6, 6.07) is 8.43. The molecule has 0 radical (unpaired) electrons. The molecule has 0 atom stereocenters. The Morgan fingerprint density at radius 3 is 2.00 bits per heavy atom. The number of benzene rings is 1. The van der Waals surface area contributed by atoms with Gasteiger partial charge in [0, 0.05) is 4.90 Å². The summed E-state index contributed by atoms with van der Waals surface area (Å²) in [6.45, 7) is 3.20. The fourth-order valence-corrected chi connectivity index (χ4v) is 1.82. The van der Waals surface area contributed by atoms with Crippen molar-refractivity contribution in [3.05, 3.63) is 35.6 Å². The molecule has 0 N–H and O–H groups in total. The Hall–Kier alpha value is -0.830. The molecule has 1 aromatic carbocycles. The van der Waals surface area contributed by atoms with Crippen LogP contribution < -0.4 is 0 Å². The van der Waals surface area contributed by atoms with Gasteiger partial charge in [-0.3, -0.25) is 8.42 Å². The van der Waals surface area contributed by atoms with Gasteiger partial charge in [-0.05, 0) is 12.1 Å². The third-order valence-corrected chi connectivity index (χ3v) is 3.56. The quantitative estimate of drug-likeness (QED) is 0.657. The van der Waals surface area contributed by atoms with E-state index in [1.54, 1.807) is 44.2 Å². The van der Waals surface area contributed by atoms with Gasteiger partial charge in [-0.25, -0.2) is 0 Å². The summed E-state index contributed by atoms with van der Waals surface area (Å²) < 4.78 is 23.0. The van der Waals surface area contributed by atoms with Crippen LogP contribution in [0.2, 0.25) is 0 Å². The van der Waals surface area contributed by atoms with Crippen molar-refractivity contribution < 1.29 is 8.42 Å². The second-order valence-electron chi connectivity index (χ2n) is 2.72. The van der Waals surface area contributed by atoms with Crippen LogP contribution in [0, 0.1) is 5.25 Å². The highest BCUT2D eigenvalue weighted by Crippen LogP contribution is 2.19. The summed E-state index contributed by atoms with van der Waals surface area (Å²) in [5.74, 6) is 0. The Morgan fingerprint density at radius 1 is 1.08 bits per heavy atom. The summed E-state index contributed by atoms with van der Waals surface area (Å²) in [4.78, 5) is 0.366. The summed E-state index contributed by atoms with van der Waals surface area (Å²) in [6.07, 6.45) is 0. The van der Waals surface area contributed by atoms with E-state index in [4.69, 9.17) is 0 Å². The van der Waals surface area contributed by atoms with Crippen molar-refractivity contribution in [3.8, 4) is 0 Å². The van der Waals surface area contributed by atoms with Gasteiger partial charge in [-0.2, -0.15) is 19.1 Å². The summed E-state index contributed by atoms with van der Waals surface area (Å²) >= 11 is 0. The molecule has 0 spiro atoms. The van der Waals surface area contributed by atoms with E-state index in [2.05, 4.69) is 0 Å². The maximum Gasteiger partial charge on any atom is 0.0540 e. The summed E-state index contributed by atoms with van der Waals surface area (Å²) in [5, 5.41) is 0.425. The first-order chi connectivity index (χ1) is 5.55. The SMILES string of the molecule is C[C-](C)S(=O)(=O)c1ccccc1. The molecule has 66 valence electrons. The molecule has 0 saturated heterocycles. The van der Waals surface area contributed by atoms with Crippen LogP contribution in [0.3, 0.4) is 0 Å². The predicted octanol–water partition coefficient (Wildman–Crippen LogP) is 2.03. The normalized spacial score (nSPS) is 11.9. The van der Waals surface area contributed by atoms with E-state index < -0.39 is 9.84 Å². The number of rotatable bonds is 2. The van der Waals surface area contributed by atoms with E-state index >= 15 is 0 Å². The Labute approximate surface area is 73.2 Å². The van der Waals surface area contributed by atoms with E-state index in [-0.39, 0.29) is 0 Å². The lowest BCUT2D eigenvalue weighted by Crippen LogP contribution is -2.06. The maximum atomic E-state index is 11.5. The molecule has 1 aromatic rings. The van der Waals surface area contributed by atoms with Crippen molar-refractivity contribution in [1.29, 1.82) is 0 Å². The third kappa shape index (κ3) is 1.67. The van der Waals surface area contributed by atoms with Crippen LogP contribution in [0.25, 0.3) is 0 Å². The van der Waals surface area contributed by atoms with Gasteiger partial charge < -0.3 is 0 Å². The zero-order valence-electron chi connectivity index (χ0n) is 7.11. The first kappa shape index (κ1) is 9.26. The molecule has 2 nitrogen and oxygen atoms in total.